The maximum absolute atomic E-state index is 14.9. The highest BCUT2D eigenvalue weighted by atomic mass is 19.4. The number of fused-ring (bicyclic) bond motifs is 4. The Morgan fingerprint density at radius 3 is 1.36 bits per heavy atom. The lowest BCUT2D eigenvalue weighted by atomic mass is 9.94. The molecule has 0 spiro atoms. The van der Waals surface area contributed by atoms with Crippen LogP contribution in [-0.2, 0) is 24.7 Å². The fraction of sp³-hybridized carbons (Fsp3) is 0.104. The van der Waals surface area contributed by atoms with Gasteiger partial charge in [0.1, 0.15) is 0 Å². The van der Waals surface area contributed by atoms with Gasteiger partial charge in [-0.25, -0.2) is 0 Å². The van der Waals surface area contributed by atoms with Gasteiger partial charge in [-0.15, -0.1) is 0 Å². The number of para-hydroxylation sites is 2. The van der Waals surface area contributed by atoms with Crippen molar-refractivity contribution in [2.75, 3.05) is 4.90 Å². The lowest BCUT2D eigenvalue weighted by molar-refractivity contribution is -0.144. The minimum absolute atomic E-state index is 0.0615. The number of amides is 1. The smallest absolute Gasteiger partial charge is 0.369 e. The van der Waals surface area contributed by atoms with Crippen LogP contribution in [-0.4, -0.2) is 15.6 Å². The van der Waals surface area contributed by atoms with Gasteiger partial charge in [0.15, 0.2) is 6.23 Å². The molecular formula is C48H26F12N2O2. The SMILES string of the molecule is O=C1c2cccc(-n3c4c(-c5ccc(C(F)(F)F)cc5C(F)(F)F)cccc4c4cccc(-c5ccc(C(F)(F)F)cc5C(F)(F)F)c43)c2C(O)N1c1ccc(-c2ccccc2)cc1. The second kappa shape index (κ2) is 14.8. The molecule has 0 saturated carbocycles. The van der Waals surface area contributed by atoms with Crippen LogP contribution in [0.15, 0.2) is 146 Å². The second-order valence-electron chi connectivity index (χ2n) is 15.0. The molecule has 2 heterocycles. The molecule has 4 nitrogen and oxygen atoms in total. The Hall–Kier alpha value is -7.07. The molecule has 7 aromatic carbocycles. The van der Waals surface area contributed by atoms with Crippen LogP contribution in [0, 0.1) is 0 Å². The molecule has 64 heavy (non-hydrogen) atoms. The molecule has 0 aliphatic carbocycles. The zero-order valence-electron chi connectivity index (χ0n) is 32.2. The summed E-state index contributed by atoms with van der Waals surface area (Å²) < 4.78 is 173. The highest BCUT2D eigenvalue weighted by Crippen LogP contribution is 2.50. The van der Waals surface area contributed by atoms with E-state index in [1.165, 1.54) is 59.2 Å². The van der Waals surface area contributed by atoms with E-state index >= 15 is 0 Å². The predicted molar refractivity (Wildman–Crippen MR) is 215 cm³/mol. The van der Waals surface area contributed by atoms with Crippen molar-refractivity contribution in [1.29, 1.82) is 0 Å². The number of hydrogen-bond donors (Lipinski definition) is 1. The molecule has 1 amide bonds. The molecule has 1 unspecified atom stereocenters. The Bertz CT molecular complexity index is 3010. The molecule has 1 aromatic heterocycles. The average Bonchev–Trinajstić information content (AvgIpc) is 3.73. The summed E-state index contributed by atoms with van der Waals surface area (Å²) in [4.78, 5) is 15.3. The number of nitrogens with zero attached hydrogens (tertiary/aromatic N) is 2. The number of halogens is 12. The highest BCUT2D eigenvalue weighted by molar-refractivity contribution is 6.18. The molecule has 1 atom stereocenters. The minimum Gasteiger partial charge on any atom is -0.369 e. The third-order valence-electron chi connectivity index (χ3n) is 11.2. The maximum atomic E-state index is 14.9. The molecular weight excluding hydrogens is 865 g/mol. The van der Waals surface area contributed by atoms with E-state index in [0.717, 1.165) is 16.0 Å². The highest BCUT2D eigenvalue weighted by Gasteiger charge is 2.43. The Morgan fingerprint density at radius 2 is 0.891 bits per heavy atom. The standard InChI is InChI=1S/C48H26F12N2O2/c49-45(50,51)27-17-21-30(37(23-27)47(55,56)57)32-9-4-11-34-35-12-5-10-33(31-22-18-28(46(52,53)54)24-38(31)48(58,59)60)42(35)62(41(32)34)39-14-6-13-36-40(39)44(64)61(43(36)63)29-19-15-26(16-20-29)25-7-2-1-3-8-25/h1-24,44,64H. The molecule has 1 N–H and O–H groups in total. The largest absolute Gasteiger partial charge is 0.417 e. The second-order valence-corrected chi connectivity index (χ2v) is 15.0. The van der Waals surface area contributed by atoms with Crippen LogP contribution >= 0.6 is 0 Å². The Morgan fingerprint density at radius 1 is 0.438 bits per heavy atom. The van der Waals surface area contributed by atoms with Gasteiger partial charge in [0.2, 0.25) is 0 Å². The lowest BCUT2D eigenvalue weighted by Gasteiger charge is -2.23. The molecule has 16 heteroatoms. The van der Waals surface area contributed by atoms with E-state index in [-0.39, 0.29) is 67.6 Å². The lowest BCUT2D eigenvalue weighted by Crippen LogP contribution is -2.27. The third kappa shape index (κ3) is 7.01. The first-order chi connectivity index (χ1) is 30.1. The Kier molecular flexibility index (Phi) is 9.74. The molecule has 1 aliphatic heterocycles. The monoisotopic (exact) mass is 890 g/mol. The first-order valence-electron chi connectivity index (χ1n) is 19.1. The van der Waals surface area contributed by atoms with Crippen LogP contribution in [0.3, 0.4) is 0 Å². The van der Waals surface area contributed by atoms with Crippen LogP contribution in [0.25, 0.3) is 60.9 Å². The third-order valence-corrected chi connectivity index (χ3v) is 11.2. The van der Waals surface area contributed by atoms with E-state index in [0.29, 0.717) is 24.3 Å². The van der Waals surface area contributed by atoms with Gasteiger partial charge in [-0.1, -0.05) is 97.1 Å². The Balaban J connectivity index is 1.37. The van der Waals surface area contributed by atoms with Gasteiger partial charge in [0, 0.05) is 38.7 Å². The van der Waals surface area contributed by atoms with Crippen LogP contribution < -0.4 is 4.90 Å². The number of hydrogen-bond acceptors (Lipinski definition) is 2. The van der Waals surface area contributed by atoms with E-state index in [4.69, 9.17) is 0 Å². The number of aliphatic hydroxyl groups excluding tert-OH is 1. The number of aromatic nitrogens is 1. The summed E-state index contributed by atoms with van der Waals surface area (Å²) in [7, 11) is 0. The maximum Gasteiger partial charge on any atom is 0.417 e. The van der Waals surface area contributed by atoms with Gasteiger partial charge in [-0.05, 0) is 70.8 Å². The number of carbonyl (C=O) groups excluding carboxylic acids is 1. The number of anilines is 1. The minimum atomic E-state index is -5.38. The summed E-state index contributed by atoms with van der Waals surface area (Å²) in [5.41, 5.74) is -7.83. The zero-order valence-corrected chi connectivity index (χ0v) is 32.2. The molecule has 9 rings (SSSR count). The number of rotatable bonds is 5. The molecule has 1 aliphatic rings. The van der Waals surface area contributed by atoms with Crippen LogP contribution in [0.1, 0.15) is 44.4 Å². The summed E-state index contributed by atoms with van der Waals surface area (Å²) >= 11 is 0. The van der Waals surface area contributed by atoms with Crippen molar-refractivity contribution in [3.63, 3.8) is 0 Å². The van der Waals surface area contributed by atoms with Crippen molar-refractivity contribution in [3.8, 4) is 39.1 Å². The first kappa shape index (κ1) is 42.2. The van der Waals surface area contributed by atoms with E-state index in [2.05, 4.69) is 0 Å². The number of carbonyl (C=O) groups is 1. The Labute approximate surface area is 353 Å². The van der Waals surface area contributed by atoms with Gasteiger partial charge in [0.25, 0.3) is 5.91 Å². The fourth-order valence-corrected chi connectivity index (χ4v) is 8.45. The summed E-state index contributed by atoms with van der Waals surface area (Å²) in [5, 5.41) is 12.3. The van der Waals surface area contributed by atoms with Gasteiger partial charge in [-0.3, -0.25) is 9.69 Å². The van der Waals surface area contributed by atoms with E-state index < -0.39 is 70.2 Å². The number of aliphatic hydroxyl groups is 1. The van der Waals surface area contributed by atoms with Crippen molar-refractivity contribution >= 4 is 33.4 Å². The summed E-state index contributed by atoms with van der Waals surface area (Å²) in [5.74, 6) is -0.734. The van der Waals surface area contributed by atoms with Crippen LogP contribution in [0.4, 0.5) is 58.4 Å². The number of benzene rings is 7. The van der Waals surface area contributed by atoms with E-state index in [9.17, 15) is 62.6 Å². The van der Waals surface area contributed by atoms with Crippen LogP contribution in [0.2, 0.25) is 0 Å². The average molecular weight is 891 g/mol. The molecule has 0 fully saturated rings. The molecule has 8 aromatic rings. The van der Waals surface area contributed by atoms with Gasteiger partial charge >= 0.3 is 24.7 Å². The molecule has 0 bridgehead atoms. The van der Waals surface area contributed by atoms with E-state index in [1.54, 1.807) is 24.3 Å². The van der Waals surface area contributed by atoms with Gasteiger partial charge < -0.3 is 9.67 Å². The van der Waals surface area contributed by atoms with Crippen molar-refractivity contribution in [3.05, 3.63) is 179 Å². The molecule has 0 saturated heterocycles. The normalized spacial score (nSPS) is 14.8. The fourth-order valence-electron chi connectivity index (χ4n) is 8.45. The predicted octanol–water partition coefficient (Wildman–Crippen LogP) is 14.5. The summed E-state index contributed by atoms with van der Waals surface area (Å²) in [6.45, 7) is 0. The van der Waals surface area contributed by atoms with Crippen molar-refractivity contribution in [2.45, 2.75) is 30.9 Å². The van der Waals surface area contributed by atoms with Gasteiger partial charge in [-0.2, -0.15) is 52.7 Å². The van der Waals surface area contributed by atoms with E-state index in [1.807, 2.05) is 30.3 Å². The topological polar surface area (TPSA) is 45.5 Å². The van der Waals surface area contributed by atoms with Crippen molar-refractivity contribution < 1.29 is 62.6 Å². The molecule has 0 radical (unpaired) electrons. The quantitative estimate of drug-likeness (QED) is 0.175. The van der Waals surface area contributed by atoms with Crippen LogP contribution in [0.5, 0.6) is 0 Å². The van der Waals surface area contributed by atoms with Gasteiger partial charge in [0.05, 0.1) is 39.0 Å². The zero-order chi connectivity index (χ0) is 45.7. The summed E-state index contributed by atoms with van der Waals surface area (Å²) in [6.07, 6.45) is -23.0. The van der Waals surface area contributed by atoms with Crippen molar-refractivity contribution in [2.24, 2.45) is 0 Å². The first-order valence-corrected chi connectivity index (χ1v) is 19.1. The number of alkyl halides is 12. The summed E-state index contributed by atoms with van der Waals surface area (Å²) in [6, 6.07) is 29.5. The van der Waals surface area contributed by atoms with Crippen molar-refractivity contribution in [1.82, 2.24) is 4.57 Å². The molecule has 324 valence electrons.